The lowest BCUT2D eigenvalue weighted by molar-refractivity contribution is -0.224. The van der Waals surface area contributed by atoms with Crippen molar-refractivity contribution >= 4 is 23.2 Å². The maximum atomic E-state index is 17.3. The molecule has 4 fully saturated rings. The van der Waals surface area contributed by atoms with E-state index in [1.165, 1.54) is 12.2 Å². The predicted octanol–water partition coefficient (Wildman–Crippen LogP) is 3.43. The smallest absolute Gasteiger partial charge is 0.182 e. The highest BCUT2D eigenvalue weighted by Gasteiger charge is 2.76. The summed E-state index contributed by atoms with van der Waals surface area (Å²) < 4.78 is 34.8. The molecule has 1 saturated heterocycles. The van der Waals surface area contributed by atoms with E-state index >= 15 is 4.39 Å². The molecule has 206 valence electrons. The molecule has 5 aliphatic rings. The van der Waals surface area contributed by atoms with E-state index < -0.39 is 57.8 Å². The van der Waals surface area contributed by atoms with Crippen LogP contribution in [0.4, 0.5) is 4.39 Å². The summed E-state index contributed by atoms with van der Waals surface area (Å²) in [6, 6.07) is 0. The summed E-state index contributed by atoms with van der Waals surface area (Å²) in [6.07, 6.45) is 5.70. The molecule has 7 nitrogen and oxygen atoms in total. The van der Waals surface area contributed by atoms with Crippen LogP contribution >= 0.6 is 11.6 Å². The number of hydrogen-bond donors (Lipinski definition) is 2. The second kappa shape index (κ2) is 9.79. The van der Waals surface area contributed by atoms with Crippen LogP contribution in [0.2, 0.25) is 0 Å². The van der Waals surface area contributed by atoms with Gasteiger partial charge in [0.1, 0.15) is 0 Å². The van der Waals surface area contributed by atoms with Gasteiger partial charge in [-0.3, -0.25) is 9.59 Å². The van der Waals surface area contributed by atoms with E-state index in [-0.39, 0.29) is 38.1 Å². The number of hydrogen-bond acceptors (Lipinski definition) is 7. The average molecular weight is 541 g/mol. The van der Waals surface area contributed by atoms with Crippen LogP contribution in [-0.2, 0) is 23.8 Å². The topological polar surface area (TPSA) is 102 Å². The van der Waals surface area contributed by atoms with Gasteiger partial charge in [-0.2, -0.15) is 0 Å². The van der Waals surface area contributed by atoms with Crippen molar-refractivity contribution in [2.75, 3.05) is 25.7 Å². The van der Waals surface area contributed by atoms with Gasteiger partial charge < -0.3 is 24.4 Å². The molecular formula is C28H38ClFO7. The molecule has 1 aliphatic heterocycles. The maximum Gasteiger partial charge on any atom is 0.182 e. The second-order valence-corrected chi connectivity index (χ2v) is 12.1. The van der Waals surface area contributed by atoms with E-state index in [9.17, 15) is 19.8 Å². The third kappa shape index (κ3) is 3.93. The van der Waals surface area contributed by atoms with Crippen LogP contribution in [0, 0.1) is 22.7 Å². The van der Waals surface area contributed by atoms with Crippen LogP contribution in [-0.4, -0.2) is 77.2 Å². The van der Waals surface area contributed by atoms with Crippen molar-refractivity contribution in [2.24, 2.45) is 22.7 Å². The number of carbonyl (C=O) groups excluding carboxylic acids is 2. The van der Waals surface area contributed by atoms with Gasteiger partial charge in [-0.05, 0) is 69.9 Å². The Labute approximate surface area is 222 Å². The van der Waals surface area contributed by atoms with Crippen molar-refractivity contribution in [1.82, 2.24) is 0 Å². The zero-order valence-electron chi connectivity index (χ0n) is 21.6. The number of ether oxygens (including phenoxy) is 3. The van der Waals surface area contributed by atoms with Gasteiger partial charge in [-0.15, -0.1) is 11.6 Å². The minimum atomic E-state index is -2.06. The Balaban J connectivity index is 1.42. The average Bonchev–Trinajstić information content (AvgIpc) is 3.10. The Morgan fingerprint density at radius 3 is 2.68 bits per heavy atom. The molecule has 1 heterocycles. The Morgan fingerprint density at radius 1 is 1.22 bits per heavy atom. The van der Waals surface area contributed by atoms with Crippen molar-refractivity contribution in [1.29, 1.82) is 0 Å². The van der Waals surface area contributed by atoms with Gasteiger partial charge in [-0.1, -0.05) is 18.6 Å². The van der Waals surface area contributed by atoms with Crippen LogP contribution in [0.1, 0.15) is 58.8 Å². The standard InChI is InChI=1S/C28H38ClFO7/c1-25-9-8-18(31)13-17(25)6-7-19-20-14-23(35-11-12-37-24-5-3-4-10-36-24)28(34,22(33)16-29)26(20,2)15-21(32)27(19,25)30/h8-9,13,19-21,23-24,32,34H,3-7,10-12,14-16H2,1-2H3/t19-,20-,21?,23?,24?,25-,26-,27-,28+/m0/s1. The van der Waals surface area contributed by atoms with E-state index in [0.717, 1.165) is 19.3 Å². The third-order valence-corrected chi connectivity index (χ3v) is 10.5. The zero-order valence-corrected chi connectivity index (χ0v) is 22.3. The number of allylic oxidation sites excluding steroid dienone is 4. The molecule has 5 rings (SSSR count). The summed E-state index contributed by atoms with van der Waals surface area (Å²) in [6.45, 7) is 4.52. The fraction of sp³-hybridized carbons (Fsp3) is 0.786. The number of halogens is 2. The fourth-order valence-electron chi connectivity index (χ4n) is 8.20. The molecule has 0 aromatic heterocycles. The molecule has 4 aliphatic carbocycles. The van der Waals surface area contributed by atoms with Crippen molar-refractivity contribution < 1.29 is 38.4 Å². The van der Waals surface area contributed by atoms with E-state index in [2.05, 4.69) is 0 Å². The minimum absolute atomic E-state index is 0.124. The first-order valence-electron chi connectivity index (χ1n) is 13.5. The van der Waals surface area contributed by atoms with Crippen molar-refractivity contribution in [2.45, 2.75) is 88.6 Å². The monoisotopic (exact) mass is 540 g/mol. The first-order valence-corrected chi connectivity index (χ1v) is 14.0. The number of fused-ring (bicyclic) bond motifs is 5. The highest BCUT2D eigenvalue weighted by atomic mass is 35.5. The highest BCUT2D eigenvalue weighted by molar-refractivity contribution is 6.29. The maximum absolute atomic E-state index is 17.3. The molecule has 9 heteroatoms. The molecule has 0 amide bonds. The van der Waals surface area contributed by atoms with Crippen LogP contribution in [0.5, 0.6) is 0 Å². The van der Waals surface area contributed by atoms with Crippen LogP contribution < -0.4 is 0 Å². The molecule has 0 radical (unpaired) electrons. The van der Waals surface area contributed by atoms with Gasteiger partial charge in [0, 0.05) is 23.4 Å². The Morgan fingerprint density at radius 2 is 1.97 bits per heavy atom. The number of alkyl halides is 2. The zero-order chi connectivity index (χ0) is 26.6. The van der Waals surface area contributed by atoms with E-state index in [1.54, 1.807) is 19.9 Å². The summed E-state index contributed by atoms with van der Waals surface area (Å²) in [5.74, 6) is -2.25. The molecule has 0 bridgehead atoms. The fourth-order valence-corrected chi connectivity index (χ4v) is 8.41. The van der Waals surface area contributed by atoms with E-state index in [0.29, 0.717) is 25.0 Å². The Hall–Kier alpha value is -1.16. The number of aliphatic hydroxyl groups is 2. The summed E-state index contributed by atoms with van der Waals surface area (Å²) in [7, 11) is 0. The van der Waals surface area contributed by atoms with Gasteiger partial charge in [0.15, 0.2) is 29.1 Å². The molecule has 37 heavy (non-hydrogen) atoms. The van der Waals surface area contributed by atoms with E-state index in [1.807, 2.05) is 0 Å². The number of aliphatic hydroxyl groups excluding tert-OH is 1. The summed E-state index contributed by atoms with van der Waals surface area (Å²) >= 11 is 5.98. The van der Waals surface area contributed by atoms with Gasteiger partial charge in [0.05, 0.1) is 31.3 Å². The van der Waals surface area contributed by atoms with Gasteiger partial charge in [0.2, 0.25) is 0 Å². The van der Waals surface area contributed by atoms with Crippen molar-refractivity contribution in [3.8, 4) is 0 Å². The molecule has 0 aromatic carbocycles. The van der Waals surface area contributed by atoms with Gasteiger partial charge >= 0.3 is 0 Å². The largest absolute Gasteiger partial charge is 0.390 e. The summed E-state index contributed by atoms with van der Waals surface area (Å²) in [5, 5.41) is 23.4. The normalized spacial score (nSPS) is 47.1. The SMILES string of the molecule is C[C@]12C=CC(=O)C=C1CC[C@H]1[C@@H]3CC(OCCOC4CCCCO4)[C@](O)(C(=O)CCl)[C@@]3(C)CC(O)[C@@]12F. The van der Waals surface area contributed by atoms with Gasteiger partial charge in [-0.25, -0.2) is 4.39 Å². The molecular weight excluding hydrogens is 503 g/mol. The molecule has 2 N–H and O–H groups in total. The second-order valence-electron chi connectivity index (χ2n) is 11.8. The molecule has 3 saturated carbocycles. The number of ketones is 2. The third-order valence-electron chi connectivity index (χ3n) is 10.2. The molecule has 9 atom stereocenters. The highest BCUT2D eigenvalue weighted by Crippen LogP contribution is 2.70. The number of carbonyl (C=O) groups is 2. The van der Waals surface area contributed by atoms with Gasteiger partial charge in [0.25, 0.3) is 0 Å². The predicted molar refractivity (Wildman–Crippen MR) is 134 cm³/mol. The summed E-state index contributed by atoms with van der Waals surface area (Å²) in [4.78, 5) is 25.2. The van der Waals surface area contributed by atoms with Crippen molar-refractivity contribution in [3.63, 3.8) is 0 Å². The first-order chi connectivity index (χ1) is 17.5. The number of Topliss-reactive ketones (excluding diaryl/α,β-unsaturated/α-hetero) is 1. The first kappa shape index (κ1) is 27.4. The molecule has 0 spiro atoms. The van der Waals surface area contributed by atoms with E-state index in [4.69, 9.17) is 25.8 Å². The van der Waals surface area contributed by atoms with Crippen LogP contribution in [0.25, 0.3) is 0 Å². The van der Waals surface area contributed by atoms with Crippen LogP contribution in [0.15, 0.2) is 23.8 Å². The lowest BCUT2D eigenvalue weighted by Crippen LogP contribution is -2.69. The number of rotatable bonds is 7. The van der Waals surface area contributed by atoms with Crippen molar-refractivity contribution in [3.05, 3.63) is 23.8 Å². The molecule has 0 aromatic rings. The van der Waals surface area contributed by atoms with Crippen LogP contribution in [0.3, 0.4) is 0 Å². The lowest BCUT2D eigenvalue weighted by atomic mass is 9.44. The lowest BCUT2D eigenvalue weighted by Gasteiger charge is -2.62. The molecule has 3 unspecified atom stereocenters. The summed E-state index contributed by atoms with van der Waals surface area (Å²) in [5.41, 5.74) is -5.63. The minimum Gasteiger partial charge on any atom is -0.390 e. The Bertz CT molecular complexity index is 995. The Kier molecular flexibility index (Phi) is 7.25. The quantitative estimate of drug-likeness (QED) is 0.377.